The summed E-state index contributed by atoms with van der Waals surface area (Å²) in [5, 5.41) is 3.52. The van der Waals surface area contributed by atoms with Crippen LogP contribution in [0.3, 0.4) is 0 Å². The second-order valence-corrected chi connectivity index (χ2v) is 5.61. The molecule has 0 fully saturated rings. The molecule has 0 bridgehead atoms. The van der Waals surface area contributed by atoms with E-state index in [9.17, 15) is 0 Å². The Labute approximate surface area is 131 Å². The van der Waals surface area contributed by atoms with Crippen LogP contribution in [-0.4, -0.2) is 4.98 Å². The molecule has 0 aliphatic heterocycles. The van der Waals surface area contributed by atoms with Crippen LogP contribution in [0.1, 0.15) is 24.1 Å². The Hall–Kier alpha value is -2.61. The number of benzene rings is 2. The monoisotopic (exact) mass is 288 g/mol. The molecule has 2 heteroatoms. The normalized spacial score (nSPS) is 11.9. The van der Waals surface area contributed by atoms with E-state index in [0.717, 1.165) is 11.3 Å². The zero-order valence-electron chi connectivity index (χ0n) is 13.0. The molecule has 1 heterocycles. The Morgan fingerprint density at radius 1 is 0.864 bits per heavy atom. The molecular weight excluding hydrogens is 268 g/mol. The third kappa shape index (κ3) is 3.34. The molecule has 1 atom stereocenters. The average molecular weight is 288 g/mol. The van der Waals surface area contributed by atoms with Gasteiger partial charge in [0.05, 0.1) is 5.69 Å². The smallest absolute Gasteiger partial charge is 0.0537 e. The van der Waals surface area contributed by atoms with Crippen LogP contribution < -0.4 is 5.32 Å². The summed E-state index contributed by atoms with van der Waals surface area (Å²) in [5.74, 6) is 0. The predicted molar refractivity (Wildman–Crippen MR) is 92.9 cm³/mol. The maximum atomic E-state index is 4.37. The van der Waals surface area contributed by atoms with Crippen LogP contribution >= 0.6 is 0 Å². The number of hydrogen-bond donors (Lipinski definition) is 1. The quantitative estimate of drug-likeness (QED) is 0.711. The van der Waals surface area contributed by atoms with Crippen LogP contribution in [-0.2, 0) is 0 Å². The van der Waals surface area contributed by atoms with Crippen LogP contribution in [0.5, 0.6) is 0 Å². The van der Waals surface area contributed by atoms with Crippen molar-refractivity contribution in [1.82, 2.24) is 4.98 Å². The van der Waals surface area contributed by atoms with Gasteiger partial charge in [0.2, 0.25) is 0 Å². The van der Waals surface area contributed by atoms with Crippen molar-refractivity contribution in [3.8, 4) is 11.1 Å². The number of aromatic nitrogens is 1. The van der Waals surface area contributed by atoms with Crippen molar-refractivity contribution < 1.29 is 0 Å². The van der Waals surface area contributed by atoms with Gasteiger partial charge in [-0.05, 0) is 31.0 Å². The summed E-state index contributed by atoms with van der Waals surface area (Å²) < 4.78 is 0. The molecular formula is C20H20N2. The molecule has 0 aliphatic rings. The van der Waals surface area contributed by atoms with E-state index in [1.807, 2.05) is 18.5 Å². The van der Waals surface area contributed by atoms with E-state index < -0.39 is 0 Å². The van der Waals surface area contributed by atoms with Crippen molar-refractivity contribution in [1.29, 1.82) is 0 Å². The lowest BCUT2D eigenvalue weighted by Gasteiger charge is -2.16. The lowest BCUT2D eigenvalue weighted by atomic mass is 10.0. The Morgan fingerprint density at radius 3 is 2.45 bits per heavy atom. The van der Waals surface area contributed by atoms with Gasteiger partial charge in [0.1, 0.15) is 0 Å². The molecule has 2 nitrogen and oxygen atoms in total. The standard InChI is InChI=1S/C20H20N2/c1-15-7-6-10-18(11-15)19-12-20(14-21-13-19)22-16(2)17-8-4-3-5-9-17/h3-14,16,22H,1-2H3/t16-/m0/s1. The lowest BCUT2D eigenvalue weighted by molar-refractivity contribution is 0.883. The van der Waals surface area contributed by atoms with E-state index in [4.69, 9.17) is 0 Å². The number of hydrogen-bond acceptors (Lipinski definition) is 2. The molecule has 0 unspecified atom stereocenters. The van der Waals surface area contributed by atoms with E-state index in [1.165, 1.54) is 16.7 Å². The topological polar surface area (TPSA) is 24.9 Å². The van der Waals surface area contributed by atoms with E-state index >= 15 is 0 Å². The van der Waals surface area contributed by atoms with Gasteiger partial charge in [-0.25, -0.2) is 0 Å². The third-order valence-corrected chi connectivity index (χ3v) is 3.77. The Bertz CT molecular complexity index is 750. The maximum Gasteiger partial charge on any atom is 0.0537 e. The SMILES string of the molecule is Cc1cccc(-c2cncc(N[C@@H](C)c3ccccc3)c2)c1. The zero-order valence-corrected chi connectivity index (χ0v) is 13.0. The average Bonchev–Trinajstić information content (AvgIpc) is 2.56. The van der Waals surface area contributed by atoms with Gasteiger partial charge < -0.3 is 5.32 Å². The second kappa shape index (κ2) is 6.44. The summed E-state index contributed by atoms with van der Waals surface area (Å²) in [7, 11) is 0. The second-order valence-electron chi connectivity index (χ2n) is 5.61. The number of nitrogens with zero attached hydrogens (tertiary/aromatic N) is 1. The minimum Gasteiger partial charge on any atom is -0.377 e. The first-order chi connectivity index (χ1) is 10.7. The third-order valence-electron chi connectivity index (χ3n) is 3.77. The zero-order chi connectivity index (χ0) is 15.4. The predicted octanol–water partition coefficient (Wildman–Crippen LogP) is 5.23. The van der Waals surface area contributed by atoms with Crippen molar-refractivity contribution in [2.45, 2.75) is 19.9 Å². The fourth-order valence-electron chi connectivity index (χ4n) is 2.58. The Balaban J connectivity index is 1.83. The van der Waals surface area contributed by atoms with Gasteiger partial charge in [0, 0.05) is 24.0 Å². The van der Waals surface area contributed by atoms with Crippen LogP contribution in [0.25, 0.3) is 11.1 Å². The van der Waals surface area contributed by atoms with Gasteiger partial charge in [-0.3, -0.25) is 4.98 Å². The summed E-state index contributed by atoms with van der Waals surface area (Å²) in [6.07, 6.45) is 3.78. The molecule has 0 saturated heterocycles. The molecule has 0 amide bonds. The molecule has 0 saturated carbocycles. The highest BCUT2D eigenvalue weighted by Crippen LogP contribution is 2.24. The van der Waals surface area contributed by atoms with Crippen LogP contribution in [0, 0.1) is 6.92 Å². The van der Waals surface area contributed by atoms with E-state index in [0.29, 0.717) is 0 Å². The van der Waals surface area contributed by atoms with Crippen molar-refractivity contribution in [2.24, 2.45) is 0 Å². The summed E-state index contributed by atoms with van der Waals surface area (Å²) in [6, 6.07) is 21.3. The molecule has 0 aliphatic carbocycles. The van der Waals surface area contributed by atoms with E-state index in [1.54, 1.807) is 0 Å². The van der Waals surface area contributed by atoms with E-state index in [-0.39, 0.29) is 6.04 Å². The van der Waals surface area contributed by atoms with Gasteiger partial charge in [-0.15, -0.1) is 0 Å². The molecule has 3 aromatic rings. The minimum atomic E-state index is 0.246. The summed E-state index contributed by atoms with van der Waals surface area (Å²) in [5.41, 5.74) is 5.89. The number of pyridine rings is 1. The fraction of sp³-hybridized carbons (Fsp3) is 0.150. The highest BCUT2D eigenvalue weighted by Gasteiger charge is 2.06. The van der Waals surface area contributed by atoms with Crippen molar-refractivity contribution in [3.05, 3.63) is 84.2 Å². The fourth-order valence-corrected chi connectivity index (χ4v) is 2.58. The largest absolute Gasteiger partial charge is 0.377 e. The number of anilines is 1. The molecule has 1 N–H and O–H groups in total. The highest BCUT2D eigenvalue weighted by molar-refractivity contribution is 5.67. The van der Waals surface area contributed by atoms with Crippen molar-refractivity contribution >= 4 is 5.69 Å². The Morgan fingerprint density at radius 2 is 1.68 bits per heavy atom. The van der Waals surface area contributed by atoms with Crippen LogP contribution in [0.4, 0.5) is 5.69 Å². The maximum absolute atomic E-state index is 4.37. The van der Waals surface area contributed by atoms with E-state index in [2.05, 4.69) is 78.7 Å². The molecule has 3 rings (SSSR count). The first-order valence-corrected chi connectivity index (χ1v) is 7.56. The molecule has 0 spiro atoms. The Kier molecular flexibility index (Phi) is 4.19. The number of nitrogens with one attached hydrogen (secondary N) is 1. The summed E-state index contributed by atoms with van der Waals surface area (Å²) in [6.45, 7) is 4.27. The van der Waals surface area contributed by atoms with Crippen molar-refractivity contribution in [3.63, 3.8) is 0 Å². The van der Waals surface area contributed by atoms with Gasteiger partial charge in [0.15, 0.2) is 0 Å². The molecule has 0 radical (unpaired) electrons. The number of aryl methyl sites for hydroxylation is 1. The van der Waals surface area contributed by atoms with Gasteiger partial charge in [-0.2, -0.15) is 0 Å². The van der Waals surface area contributed by atoms with Crippen LogP contribution in [0.2, 0.25) is 0 Å². The lowest BCUT2D eigenvalue weighted by Crippen LogP contribution is -2.06. The first kappa shape index (κ1) is 14.3. The molecule has 110 valence electrons. The first-order valence-electron chi connectivity index (χ1n) is 7.56. The van der Waals surface area contributed by atoms with Gasteiger partial charge in [0.25, 0.3) is 0 Å². The van der Waals surface area contributed by atoms with Gasteiger partial charge in [-0.1, -0.05) is 60.2 Å². The molecule has 1 aromatic heterocycles. The summed E-state index contributed by atoms with van der Waals surface area (Å²) >= 11 is 0. The molecule has 22 heavy (non-hydrogen) atoms. The number of rotatable bonds is 4. The molecule has 2 aromatic carbocycles. The van der Waals surface area contributed by atoms with Gasteiger partial charge >= 0.3 is 0 Å². The highest BCUT2D eigenvalue weighted by atomic mass is 14.9. The minimum absolute atomic E-state index is 0.246. The summed E-state index contributed by atoms with van der Waals surface area (Å²) in [4.78, 5) is 4.37. The van der Waals surface area contributed by atoms with Crippen molar-refractivity contribution in [2.75, 3.05) is 5.32 Å². The van der Waals surface area contributed by atoms with Crippen LogP contribution in [0.15, 0.2) is 73.1 Å².